The van der Waals surface area contributed by atoms with Gasteiger partial charge >= 0.3 is 6.09 Å². The molecule has 0 bridgehead atoms. The van der Waals surface area contributed by atoms with Crippen LogP contribution in [-0.2, 0) is 4.74 Å². The maximum atomic E-state index is 10.9. The molecule has 1 fully saturated rings. The molecule has 1 atom stereocenters. The van der Waals surface area contributed by atoms with E-state index < -0.39 is 0 Å². The predicted octanol–water partition coefficient (Wildman–Crippen LogP) is 1.56. The summed E-state index contributed by atoms with van der Waals surface area (Å²) < 4.78 is 4.75. The van der Waals surface area contributed by atoms with Gasteiger partial charge in [0.15, 0.2) is 0 Å². The van der Waals surface area contributed by atoms with E-state index in [-0.39, 0.29) is 17.9 Å². The van der Waals surface area contributed by atoms with Crippen molar-refractivity contribution in [2.24, 2.45) is 0 Å². The molecule has 2 N–H and O–H groups in total. The lowest BCUT2D eigenvalue weighted by molar-refractivity contribution is 0.115. The van der Waals surface area contributed by atoms with E-state index in [9.17, 15) is 4.79 Å². The summed E-state index contributed by atoms with van der Waals surface area (Å²) in [5.74, 6) is 0.229. The van der Waals surface area contributed by atoms with E-state index in [4.69, 9.17) is 9.84 Å². The van der Waals surface area contributed by atoms with Crippen molar-refractivity contribution in [3.63, 3.8) is 0 Å². The van der Waals surface area contributed by atoms with Gasteiger partial charge in [0.25, 0.3) is 0 Å². The van der Waals surface area contributed by atoms with Crippen LogP contribution in [0.3, 0.4) is 0 Å². The average Bonchev–Trinajstić information content (AvgIpc) is 2.19. The molecule has 0 unspecified atom stereocenters. The molecule has 0 aliphatic carbocycles. The van der Waals surface area contributed by atoms with Gasteiger partial charge in [0.1, 0.15) is 5.75 Å². The van der Waals surface area contributed by atoms with Gasteiger partial charge < -0.3 is 15.2 Å². The highest BCUT2D eigenvalue weighted by atomic mass is 16.5. The molecule has 74 valence electrons. The standard InChI is InChI=1S/C10H11NO3/c12-8-3-1-7(2-4-8)9-5-6-14-10(13)11-9/h1-4,9,12H,5-6H2,(H,11,13)/t9-/m0/s1. The van der Waals surface area contributed by atoms with Crippen LogP contribution in [0.15, 0.2) is 24.3 Å². The van der Waals surface area contributed by atoms with Crippen LogP contribution in [0.1, 0.15) is 18.0 Å². The summed E-state index contributed by atoms with van der Waals surface area (Å²) >= 11 is 0. The Hall–Kier alpha value is -1.71. The first-order chi connectivity index (χ1) is 6.75. The molecule has 1 aliphatic rings. The number of phenols is 1. The molecule has 1 amide bonds. The molecular formula is C10H11NO3. The Bertz CT molecular complexity index is 334. The van der Waals surface area contributed by atoms with Gasteiger partial charge in [0.2, 0.25) is 0 Å². The van der Waals surface area contributed by atoms with E-state index in [0.29, 0.717) is 6.61 Å². The fourth-order valence-electron chi connectivity index (χ4n) is 1.48. The highest BCUT2D eigenvalue weighted by Crippen LogP contribution is 2.21. The Labute approximate surface area is 81.5 Å². The number of hydrogen-bond acceptors (Lipinski definition) is 3. The van der Waals surface area contributed by atoms with Gasteiger partial charge in [-0.05, 0) is 17.7 Å². The van der Waals surface area contributed by atoms with Gasteiger partial charge in [-0.15, -0.1) is 0 Å². The van der Waals surface area contributed by atoms with Gasteiger partial charge in [0, 0.05) is 6.42 Å². The Kier molecular flexibility index (Phi) is 2.26. The molecule has 4 heteroatoms. The van der Waals surface area contributed by atoms with Crippen LogP contribution < -0.4 is 5.32 Å². The van der Waals surface area contributed by atoms with Crippen LogP contribution in [0.5, 0.6) is 5.75 Å². The normalized spacial score (nSPS) is 21.1. The maximum absolute atomic E-state index is 10.9. The molecule has 1 aromatic carbocycles. The maximum Gasteiger partial charge on any atom is 0.407 e. The Morgan fingerprint density at radius 1 is 1.36 bits per heavy atom. The number of carbonyl (C=O) groups excluding carboxylic acids is 1. The molecule has 1 saturated heterocycles. The van der Waals surface area contributed by atoms with Crippen LogP contribution >= 0.6 is 0 Å². The summed E-state index contributed by atoms with van der Waals surface area (Å²) in [4.78, 5) is 10.9. The van der Waals surface area contributed by atoms with Crippen molar-refractivity contribution < 1.29 is 14.6 Å². The van der Waals surface area contributed by atoms with Crippen LogP contribution in [0.4, 0.5) is 4.79 Å². The van der Waals surface area contributed by atoms with Crippen molar-refractivity contribution in [2.75, 3.05) is 6.61 Å². The summed E-state index contributed by atoms with van der Waals surface area (Å²) in [5, 5.41) is 11.8. The third-order valence-electron chi connectivity index (χ3n) is 2.23. The summed E-state index contributed by atoms with van der Waals surface area (Å²) in [6.45, 7) is 0.442. The van der Waals surface area contributed by atoms with E-state index in [1.807, 2.05) is 0 Å². The molecule has 0 radical (unpaired) electrons. The summed E-state index contributed by atoms with van der Waals surface area (Å²) in [5.41, 5.74) is 0.986. The number of ether oxygens (including phenoxy) is 1. The number of rotatable bonds is 1. The van der Waals surface area contributed by atoms with E-state index in [0.717, 1.165) is 12.0 Å². The lowest BCUT2D eigenvalue weighted by Gasteiger charge is -2.23. The van der Waals surface area contributed by atoms with Crippen LogP contribution in [-0.4, -0.2) is 17.8 Å². The second-order valence-corrected chi connectivity index (χ2v) is 3.21. The van der Waals surface area contributed by atoms with Crippen LogP contribution in [0.25, 0.3) is 0 Å². The van der Waals surface area contributed by atoms with Gasteiger partial charge in [-0.2, -0.15) is 0 Å². The second-order valence-electron chi connectivity index (χ2n) is 3.21. The Morgan fingerprint density at radius 2 is 2.07 bits per heavy atom. The number of aromatic hydroxyl groups is 1. The summed E-state index contributed by atoms with van der Waals surface area (Å²) in [6, 6.07) is 6.81. The number of amides is 1. The minimum absolute atomic E-state index is 0.00292. The molecule has 0 saturated carbocycles. The number of hydrogen-bond donors (Lipinski definition) is 2. The van der Waals surface area contributed by atoms with E-state index in [1.54, 1.807) is 24.3 Å². The van der Waals surface area contributed by atoms with E-state index in [1.165, 1.54) is 0 Å². The van der Waals surface area contributed by atoms with Gasteiger partial charge in [-0.3, -0.25) is 0 Å². The van der Waals surface area contributed by atoms with Crippen molar-refractivity contribution in [2.45, 2.75) is 12.5 Å². The fourth-order valence-corrected chi connectivity index (χ4v) is 1.48. The molecular weight excluding hydrogens is 182 g/mol. The van der Waals surface area contributed by atoms with E-state index in [2.05, 4.69) is 5.32 Å². The number of alkyl carbamates (subject to hydrolysis) is 1. The smallest absolute Gasteiger partial charge is 0.407 e. The summed E-state index contributed by atoms with van der Waals surface area (Å²) in [6.07, 6.45) is 0.380. The molecule has 4 nitrogen and oxygen atoms in total. The van der Waals surface area contributed by atoms with Crippen molar-refractivity contribution in [3.05, 3.63) is 29.8 Å². The second kappa shape index (κ2) is 3.57. The average molecular weight is 193 g/mol. The van der Waals surface area contributed by atoms with Crippen molar-refractivity contribution in [1.29, 1.82) is 0 Å². The molecule has 0 aromatic heterocycles. The third-order valence-corrected chi connectivity index (χ3v) is 2.23. The first kappa shape index (κ1) is 8.87. The Morgan fingerprint density at radius 3 is 2.71 bits per heavy atom. The third kappa shape index (κ3) is 1.79. The zero-order valence-electron chi connectivity index (χ0n) is 7.56. The minimum Gasteiger partial charge on any atom is -0.508 e. The quantitative estimate of drug-likeness (QED) is 0.711. The van der Waals surface area contributed by atoms with Crippen LogP contribution in [0.2, 0.25) is 0 Å². The van der Waals surface area contributed by atoms with E-state index >= 15 is 0 Å². The van der Waals surface area contributed by atoms with Crippen molar-refractivity contribution in [3.8, 4) is 5.75 Å². The molecule has 14 heavy (non-hydrogen) atoms. The molecule has 2 rings (SSSR count). The monoisotopic (exact) mass is 193 g/mol. The number of benzene rings is 1. The lowest BCUT2D eigenvalue weighted by Crippen LogP contribution is -2.35. The highest BCUT2D eigenvalue weighted by Gasteiger charge is 2.20. The zero-order chi connectivity index (χ0) is 9.97. The number of carbonyl (C=O) groups is 1. The number of nitrogens with one attached hydrogen (secondary N) is 1. The largest absolute Gasteiger partial charge is 0.508 e. The fraction of sp³-hybridized carbons (Fsp3) is 0.300. The van der Waals surface area contributed by atoms with Crippen molar-refractivity contribution >= 4 is 6.09 Å². The first-order valence-corrected chi connectivity index (χ1v) is 4.48. The molecule has 1 aliphatic heterocycles. The van der Waals surface area contributed by atoms with Crippen LogP contribution in [0, 0.1) is 0 Å². The first-order valence-electron chi connectivity index (χ1n) is 4.48. The van der Waals surface area contributed by atoms with Gasteiger partial charge in [-0.25, -0.2) is 4.79 Å². The summed E-state index contributed by atoms with van der Waals surface area (Å²) in [7, 11) is 0. The SMILES string of the molecule is O=C1N[C@H](c2ccc(O)cc2)CCO1. The highest BCUT2D eigenvalue weighted by molar-refractivity contribution is 5.68. The number of phenolic OH excluding ortho intramolecular Hbond substituents is 1. The zero-order valence-corrected chi connectivity index (χ0v) is 7.56. The molecule has 1 aromatic rings. The lowest BCUT2D eigenvalue weighted by atomic mass is 10.0. The Balaban J connectivity index is 2.14. The predicted molar refractivity (Wildman–Crippen MR) is 49.9 cm³/mol. The molecule has 1 heterocycles. The van der Waals surface area contributed by atoms with Gasteiger partial charge in [-0.1, -0.05) is 12.1 Å². The minimum atomic E-state index is -0.380. The topological polar surface area (TPSA) is 58.6 Å². The number of cyclic esters (lactones) is 1. The van der Waals surface area contributed by atoms with Crippen molar-refractivity contribution in [1.82, 2.24) is 5.32 Å². The van der Waals surface area contributed by atoms with Gasteiger partial charge in [0.05, 0.1) is 12.6 Å². The molecule has 0 spiro atoms.